The fourth-order valence-corrected chi connectivity index (χ4v) is 3.29. The Morgan fingerprint density at radius 3 is 1.88 bits per heavy atom. The monoisotopic (exact) mass is 392 g/mol. The van der Waals surface area contributed by atoms with Crippen LogP contribution in [0.3, 0.4) is 0 Å². The second kappa shape index (κ2) is 7.01. The Bertz CT molecular complexity index is 977. The van der Waals surface area contributed by atoms with Crippen LogP contribution in [-0.2, 0) is 0 Å². The molecule has 0 aliphatic carbocycles. The molecule has 0 saturated heterocycles. The molecule has 0 saturated carbocycles. The van der Waals surface area contributed by atoms with E-state index in [-0.39, 0.29) is 0 Å². The van der Waals surface area contributed by atoms with E-state index in [0.29, 0.717) is 42.6 Å². The molecular weight excluding hydrogens is 386 g/mol. The molecule has 0 aliphatic rings. The third-order valence-corrected chi connectivity index (χ3v) is 4.50. The van der Waals surface area contributed by atoms with Crippen molar-refractivity contribution in [2.24, 2.45) is 0 Å². The average molecular weight is 394 g/mol. The summed E-state index contributed by atoms with van der Waals surface area (Å²) in [6.45, 7) is 0. The largest absolute Gasteiger partial charge is 0.246 e. The van der Waals surface area contributed by atoms with Gasteiger partial charge < -0.3 is 0 Å². The van der Waals surface area contributed by atoms with Crippen LogP contribution in [-0.4, -0.2) is 4.98 Å². The Labute approximate surface area is 159 Å². The molecule has 0 unspecified atom stereocenters. The van der Waals surface area contributed by atoms with Crippen LogP contribution in [0.4, 0.5) is 0 Å². The van der Waals surface area contributed by atoms with E-state index < -0.39 is 0 Å². The van der Waals surface area contributed by atoms with Gasteiger partial charge >= 0.3 is 0 Å². The number of aromatic nitrogens is 1. The Hall–Kier alpha value is -1.76. The van der Waals surface area contributed by atoms with Crippen LogP contribution in [0.25, 0.3) is 22.5 Å². The fraction of sp³-hybridized carbons (Fsp3) is 0. The predicted octanol–water partition coefficient (Wildman–Crippen LogP) is 6.90. The maximum absolute atomic E-state index is 9.38. The summed E-state index contributed by atoms with van der Waals surface area (Å²) in [4.78, 5) is 4.59. The Balaban J connectivity index is 2.21. The maximum atomic E-state index is 9.38. The van der Waals surface area contributed by atoms with Gasteiger partial charge in [0.2, 0.25) is 0 Å². The number of hydrogen-bond acceptors (Lipinski definition) is 2. The highest BCUT2D eigenvalue weighted by molar-refractivity contribution is 6.37. The van der Waals surface area contributed by atoms with Gasteiger partial charge in [0.25, 0.3) is 0 Å². The number of benzene rings is 2. The van der Waals surface area contributed by atoms with Gasteiger partial charge in [-0.15, -0.1) is 0 Å². The van der Waals surface area contributed by atoms with Gasteiger partial charge in [0.15, 0.2) is 0 Å². The molecule has 3 rings (SSSR count). The molecule has 0 atom stereocenters. The number of pyridine rings is 1. The van der Waals surface area contributed by atoms with E-state index in [1.807, 2.05) is 0 Å². The summed E-state index contributed by atoms with van der Waals surface area (Å²) in [7, 11) is 0. The lowest BCUT2D eigenvalue weighted by molar-refractivity contribution is 1.30. The zero-order chi connectivity index (χ0) is 17.3. The van der Waals surface area contributed by atoms with E-state index in [4.69, 9.17) is 46.4 Å². The number of rotatable bonds is 2. The average Bonchev–Trinajstić information content (AvgIpc) is 2.54. The van der Waals surface area contributed by atoms with Gasteiger partial charge in [0, 0.05) is 21.2 Å². The Morgan fingerprint density at radius 2 is 1.33 bits per heavy atom. The topological polar surface area (TPSA) is 36.7 Å². The van der Waals surface area contributed by atoms with E-state index in [1.54, 1.807) is 48.5 Å². The van der Waals surface area contributed by atoms with E-state index >= 15 is 0 Å². The van der Waals surface area contributed by atoms with Crippen LogP contribution in [0.15, 0.2) is 48.5 Å². The number of nitrogens with zero attached hydrogens (tertiary/aromatic N) is 2. The molecule has 6 heteroatoms. The minimum Gasteiger partial charge on any atom is -0.246 e. The van der Waals surface area contributed by atoms with Gasteiger partial charge in [-0.2, -0.15) is 5.26 Å². The van der Waals surface area contributed by atoms with Crippen molar-refractivity contribution in [1.82, 2.24) is 4.98 Å². The molecule has 0 bridgehead atoms. The minimum atomic E-state index is 0.410. The first-order valence-corrected chi connectivity index (χ1v) is 8.33. The quantitative estimate of drug-likeness (QED) is 0.474. The van der Waals surface area contributed by atoms with E-state index in [2.05, 4.69) is 11.1 Å². The highest BCUT2D eigenvalue weighted by Gasteiger charge is 2.14. The van der Waals surface area contributed by atoms with Gasteiger partial charge in [-0.25, -0.2) is 4.98 Å². The summed E-state index contributed by atoms with van der Waals surface area (Å²) in [5, 5.41) is 11.3. The molecule has 0 spiro atoms. The minimum absolute atomic E-state index is 0.410. The molecule has 118 valence electrons. The molecule has 1 heterocycles. The van der Waals surface area contributed by atoms with Crippen LogP contribution >= 0.6 is 46.4 Å². The van der Waals surface area contributed by atoms with Crippen LogP contribution in [0, 0.1) is 11.3 Å². The second-order valence-electron chi connectivity index (χ2n) is 4.95. The second-order valence-corrected chi connectivity index (χ2v) is 6.64. The van der Waals surface area contributed by atoms with Crippen molar-refractivity contribution in [3.05, 3.63) is 74.2 Å². The summed E-state index contributed by atoms with van der Waals surface area (Å²) >= 11 is 24.4. The van der Waals surface area contributed by atoms with Gasteiger partial charge in [-0.05, 0) is 48.5 Å². The Morgan fingerprint density at radius 1 is 0.750 bits per heavy atom. The zero-order valence-corrected chi connectivity index (χ0v) is 15.0. The Kier molecular flexibility index (Phi) is 4.99. The van der Waals surface area contributed by atoms with Gasteiger partial charge in [-0.3, -0.25) is 0 Å². The third-order valence-electron chi connectivity index (χ3n) is 3.41. The van der Waals surface area contributed by atoms with Gasteiger partial charge in [-0.1, -0.05) is 46.4 Å². The third kappa shape index (κ3) is 3.36. The van der Waals surface area contributed by atoms with E-state index in [9.17, 15) is 5.26 Å². The standard InChI is InChI=1S/C18H8Cl4N2/c19-11-2-4-13(15(21)7-11)17-6-1-10(9-23)18(24-17)14-5-3-12(20)8-16(14)22/h1-8H. The van der Waals surface area contributed by atoms with Crippen molar-refractivity contribution in [3.8, 4) is 28.6 Å². The molecule has 0 amide bonds. The van der Waals surface area contributed by atoms with Crippen molar-refractivity contribution in [2.45, 2.75) is 0 Å². The lowest BCUT2D eigenvalue weighted by atomic mass is 10.0. The number of halogens is 4. The van der Waals surface area contributed by atoms with Crippen molar-refractivity contribution >= 4 is 46.4 Å². The number of nitriles is 1. The van der Waals surface area contributed by atoms with Crippen molar-refractivity contribution < 1.29 is 0 Å². The summed E-state index contributed by atoms with van der Waals surface area (Å²) in [6, 6.07) is 15.8. The predicted molar refractivity (Wildman–Crippen MR) is 99.9 cm³/mol. The molecule has 0 radical (unpaired) electrons. The smallest absolute Gasteiger partial charge is 0.101 e. The van der Waals surface area contributed by atoms with Gasteiger partial charge in [0.1, 0.15) is 6.07 Å². The molecule has 1 aromatic heterocycles. The van der Waals surface area contributed by atoms with Crippen LogP contribution < -0.4 is 0 Å². The fourth-order valence-electron chi connectivity index (χ4n) is 2.28. The molecule has 2 aromatic carbocycles. The summed E-state index contributed by atoms with van der Waals surface area (Å²) < 4.78 is 0. The van der Waals surface area contributed by atoms with Crippen LogP contribution in [0.2, 0.25) is 20.1 Å². The first-order valence-electron chi connectivity index (χ1n) is 6.81. The molecular formula is C18H8Cl4N2. The maximum Gasteiger partial charge on any atom is 0.101 e. The SMILES string of the molecule is N#Cc1ccc(-c2ccc(Cl)cc2Cl)nc1-c1ccc(Cl)cc1Cl. The molecule has 0 N–H and O–H groups in total. The molecule has 24 heavy (non-hydrogen) atoms. The van der Waals surface area contributed by atoms with Crippen molar-refractivity contribution in [1.29, 1.82) is 5.26 Å². The van der Waals surface area contributed by atoms with Crippen LogP contribution in [0.5, 0.6) is 0 Å². The molecule has 0 aliphatic heterocycles. The lowest BCUT2D eigenvalue weighted by Crippen LogP contribution is -1.94. The summed E-state index contributed by atoms with van der Waals surface area (Å²) in [6.07, 6.45) is 0. The first-order chi connectivity index (χ1) is 11.5. The molecule has 2 nitrogen and oxygen atoms in total. The van der Waals surface area contributed by atoms with Crippen molar-refractivity contribution in [3.63, 3.8) is 0 Å². The summed E-state index contributed by atoms with van der Waals surface area (Å²) in [5.74, 6) is 0. The van der Waals surface area contributed by atoms with E-state index in [0.717, 1.165) is 5.56 Å². The van der Waals surface area contributed by atoms with E-state index in [1.165, 1.54) is 0 Å². The number of hydrogen-bond donors (Lipinski definition) is 0. The van der Waals surface area contributed by atoms with Gasteiger partial charge in [0.05, 0.1) is 27.0 Å². The lowest BCUT2D eigenvalue weighted by Gasteiger charge is -2.10. The molecule has 0 fully saturated rings. The zero-order valence-electron chi connectivity index (χ0n) is 12.0. The highest BCUT2D eigenvalue weighted by Crippen LogP contribution is 2.35. The van der Waals surface area contributed by atoms with Crippen molar-refractivity contribution in [2.75, 3.05) is 0 Å². The summed E-state index contributed by atoms with van der Waals surface area (Å²) in [5.41, 5.74) is 2.86. The normalized spacial score (nSPS) is 10.5. The van der Waals surface area contributed by atoms with Crippen LogP contribution in [0.1, 0.15) is 5.56 Å². The molecule has 3 aromatic rings. The highest BCUT2D eigenvalue weighted by atomic mass is 35.5. The first kappa shape index (κ1) is 17.1.